The summed E-state index contributed by atoms with van der Waals surface area (Å²) in [6.07, 6.45) is -1.18. The number of carbonyl (C=O) groups is 1. The molecule has 4 nitrogen and oxygen atoms in total. The molecule has 0 unspecified atom stereocenters. The maximum absolute atomic E-state index is 12.4. The molecule has 2 aromatic rings. The van der Waals surface area contributed by atoms with Gasteiger partial charge in [0.15, 0.2) is 11.5 Å². The Morgan fingerprint density at radius 3 is 2.45 bits per heavy atom. The Balaban J connectivity index is 1.78. The van der Waals surface area contributed by atoms with Gasteiger partial charge in [-0.05, 0) is 37.3 Å². The second-order valence-electron chi connectivity index (χ2n) is 4.92. The van der Waals surface area contributed by atoms with Crippen molar-refractivity contribution in [1.82, 2.24) is 0 Å². The van der Waals surface area contributed by atoms with Gasteiger partial charge in [-0.1, -0.05) is 35.3 Å². The van der Waals surface area contributed by atoms with Gasteiger partial charge in [0.2, 0.25) is 6.10 Å². The summed E-state index contributed by atoms with van der Waals surface area (Å²) in [7, 11) is 0. The first-order valence-corrected chi connectivity index (χ1v) is 7.48. The summed E-state index contributed by atoms with van der Waals surface area (Å²) in [4.78, 5) is 12.4. The Morgan fingerprint density at radius 2 is 1.77 bits per heavy atom. The van der Waals surface area contributed by atoms with E-state index in [1.165, 1.54) is 0 Å². The lowest BCUT2D eigenvalue weighted by Gasteiger charge is -2.31. The molecule has 1 aliphatic heterocycles. The molecule has 0 aromatic heterocycles. The molecule has 2 aromatic carbocycles. The number of anilines is 1. The molecule has 1 amide bonds. The van der Waals surface area contributed by atoms with Crippen molar-refractivity contribution in [2.75, 3.05) is 5.32 Å². The number of fused-ring (bicyclic) bond motifs is 1. The van der Waals surface area contributed by atoms with E-state index in [4.69, 9.17) is 32.7 Å². The average Bonchev–Trinajstić information content (AvgIpc) is 2.49. The monoisotopic (exact) mass is 337 g/mol. The summed E-state index contributed by atoms with van der Waals surface area (Å²) in [5.41, 5.74) is 0.478. The molecule has 1 N–H and O–H groups in total. The lowest BCUT2D eigenvalue weighted by atomic mass is 10.1. The molecule has 0 saturated heterocycles. The SMILES string of the molecule is C[C@@H]1Oc2ccccc2O[C@H]1C(=O)Nc1ccc(Cl)cc1Cl. The van der Waals surface area contributed by atoms with E-state index in [0.29, 0.717) is 27.2 Å². The third kappa shape index (κ3) is 2.98. The fourth-order valence-corrected chi connectivity index (χ4v) is 2.66. The molecule has 0 bridgehead atoms. The topological polar surface area (TPSA) is 47.6 Å². The van der Waals surface area contributed by atoms with Gasteiger partial charge >= 0.3 is 0 Å². The van der Waals surface area contributed by atoms with Crippen LogP contribution in [-0.2, 0) is 4.79 Å². The predicted octanol–water partition coefficient (Wildman–Crippen LogP) is 4.16. The number of carbonyl (C=O) groups excluding carboxylic acids is 1. The van der Waals surface area contributed by atoms with Crippen LogP contribution in [-0.4, -0.2) is 18.1 Å². The maximum atomic E-state index is 12.4. The van der Waals surface area contributed by atoms with Crippen molar-refractivity contribution in [2.45, 2.75) is 19.1 Å². The minimum Gasteiger partial charge on any atom is -0.482 e. The number of rotatable bonds is 2. The van der Waals surface area contributed by atoms with E-state index in [2.05, 4.69) is 5.32 Å². The lowest BCUT2D eigenvalue weighted by Crippen LogP contribution is -2.46. The van der Waals surface area contributed by atoms with E-state index >= 15 is 0 Å². The summed E-state index contributed by atoms with van der Waals surface area (Å²) >= 11 is 11.9. The average molecular weight is 338 g/mol. The normalized spacial score (nSPS) is 19.6. The van der Waals surface area contributed by atoms with Crippen LogP contribution in [0.25, 0.3) is 0 Å². The summed E-state index contributed by atoms with van der Waals surface area (Å²) in [6.45, 7) is 1.78. The fraction of sp³-hybridized carbons (Fsp3) is 0.188. The quantitative estimate of drug-likeness (QED) is 0.894. The van der Waals surface area contributed by atoms with Gasteiger partial charge in [-0.25, -0.2) is 0 Å². The van der Waals surface area contributed by atoms with E-state index < -0.39 is 12.2 Å². The first-order chi connectivity index (χ1) is 10.5. The van der Waals surface area contributed by atoms with Crippen molar-refractivity contribution in [1.29, 1.82) is 0 Å². The van der Waals surface area contributed by atoms with Crippen LogP contribution in [0.1, 0.15) is 6.92 Å². The standard InChI is InChI=1S/C16H13Cl2NO3/c1-9-15(22-14-5-3-2-4-13(14)21-9)16(20)19-12-7-6-10(17)8-11(12)18/h2-9,15H,1H3,(H,19,20)/t9-,15+/m0/s1. The van der Waals surface area contributed by atoms with Crippen molar-refractivity contribution >= 4 is 34.8 Å². The molecule has 6 heteroatoms. The highest BCUT2D eigenvalue weighted by Crippen LogP contribution is 2.34. The van der Waals surface area contributed by atoms with Crippen LogP contribution in [0.2, 0.25) is 10.0 Å². The van der Waals surface area contributed by atoms with E-state index in [1.807, 2.05) is 12.1 Å². The molecule has 2 atom stereocenters. The Bertz CT molecular complexity index is 720. The number of benzene rings is 2. The van der Waals surface area contributed by atoms with Crippen LogP contribution < -0.4 is 14.8 Å². The molecule has 22 heavy (non-hydrogen) atoms. The molecule has 0 fully saturated rings. The number of hydrogen-bond donors (Lipinski definition) is 1. The van der Waals surface area contributed by atoms with E-state index in [1.54, 1.807) is 37.3 Å². The van der Waals surface area contributed by atoms with E-state index in [-0.39, 0.29) is 5.91 Å². The van der Waals surface area contributed by atoms with Crippen molar-refractivity contribution in [3.8, 4) is 11.5 Å². The van der Waals surface area contributed by atoms with Crippen LogP contribution in [0.15, 0.2) is 42.5 Å². The Hall–Kier alpha value is -1.91. The molecule has 0 saturated carbocycles. The number of ether oxygens (including phenoxy) is 2. The summed E-state index contributed by atoms with van der Waals surface area (Å²) < 4.78 is 11.4. The van der Waals surface area contributed by atoms with Crippen LogP contribution in [0.3, 0.4) is 0 Å². The smallest absolute Gasteiger partial charge is 0.269 e. The first kappa shape index (κ1) is 15.0. The highest BCUT2D eigenvalue weighted by Gasteiger charge is 2.34. The predicted molar refractivity (Wildman–Crippen MR) is 86.0 cm³/mol. The van der Waals surface area contributed by atoms with Crippen LogP contribution >= 0.6 is 23.2 Å². The van der Waals surface area contributed by atoms with Gasteiger partial charge in [0.05, 0.1) is 10.7 Å². The highest BCUT2D eigenvalue weighted by molar-refractivity contribution is 6.36. The van der Waals surface area contributed by atoms with Gasteiger partial charge in [0.25, 0.3) is 5.91 Å². The largest absolute Gasteiger partial charge is 0.482 e. The lowest BCUT2D eigenvalue weighted by molar-refractivity contribution is -0.128. The van der Waals surface area contributed by atoms with Gasteiger partial charge in [0, 0.05) is 5.02 Å². The Kier molecular flexibility index (Phi) is 4.14. The second kappa shape index (κ2) is 6.07. The Labute approximate surface area is 137 Å². The molecule has 1 heterocycles. The maximum Gasteiger partial charge on any atom is 0.269 e. The second-order valence-corrected chi connectivity index (χ2v) is 5.77. The van der Waals surface area contributed by atoms with Gasteiger partial charge in [0.1, 0.15) is 6.10 Å². The summed E-state index contributed by atoms with van der Waals surface area (Å²) in [5, 5.41) is 3.60. The molecule has 0 aliphatic carbocycles. The van der Waals surface area contributed by atoms with Gasteiger partial charge in [-0.2, -0.15) is 0 Å². The van der Waals surface area contributed by atoms with Crippen molar-refractivity contribution in [3.63, 3.8) is 0 Å². The third-order valence-corrected chi connectivity index (χ3v) is 3.84. The molecule has 0 radical (unpaired) electrons. The van der Waals surface area contributed by atoms with Gasteiger partial charge in [-0.15, -0.1) is 0 Å². The zero-order chi connectivity index (χ0) is 15.7. The van der Waals surface area contributed by atoms with Crippen molar-refractivity contribution < 1.29 is 14.3 Å². The zero-order valence-electron chi connectivity index (χ0n) is 11.7. The molecule has 114 valence electrons. The van der Waals surface area contributed by atoms with Gasteiger partial charge < -0.3 is 14.8 Å². The fourth-order valence-electron chi connectivity index (χ4n) is 2.20. The Morgan fingerprint density at radius 1 is 1.09 bits per heavy atom. The summed E-state index contributed by atoms with van der Waals surface area (Å²) in [6, 6.07) is 12.1. The van der Waals surface area contributed by atoms with Crippen LogP contribution in [0.4, 0.5) is 5.69 Å². The first-order valence-electron chi connectivity index (χ1n) is 6.73. The number of para-hydroxylation sites is 2. The minimum absolute atomic E-state index is 0.328. The molecule has 1 aliphatic rings. The summed E-state index contributed by atoms with van der Waals surface area (Å²) in [5.74, 6) is 0.845. The zero-order valence-corrected chi connectivity index (χ0v) is 13.2. The molecular weight excluding hydrogens is 325 g/mol. The minimum atomic E-state index is -0.762. The van der Waals surface area contributed by atoms with E-state index in [0.717, 1.165) is 0 Å². The molecular formula is C16H13Cl2NO3. The van der Waals surface area contributed by atoms with E-state index in [9.17, 15) is 4.79 Å². The number of hydrogen-bond acceptors (Lipinski definition) is 3. The molecule has 0 spiro atoms. The van der Waals surface area contributed by atoms with Crippen LogP contribution in [0.5, 0.6) is 11.5 Å². The number of amides is 1. The molecule has 3 rings (SSSR count). The van der Waals surface area contributed by atoms with Gasteiger partial charge in [-0.3, -0.25) is 4.79 Å². The highest BCUT2D eigenvalue weighted by atomic mass is 35.5. The van der Waals surface area contributed by atoms with Crippen LogP contribution in [0, 0.1) is 0 Å². The number of halogens is 2. The van der Waals surface area contributed by atoms with Crippen molar-refractivity contribution in [2.24, 2.45) is 0 Å². The van der Waals surface area contributed by atoms with Crippen molar-refractivity contribution in [3.05, 3.63) is 52.5 Å². The number of nitrogens with one attached hydrogen (secondary N) is 1. The third-order valence-electron chi connectivity index (χ3n) is 3.29.